The molecule has 6 rings (SSSR count). The first-order valence-electron chi connectivity index (χ1n) is 15.2. The van der Waals surface area contributed by atoms with Crippen LogP contribution in [0.1, 0.15) is 30.0 Å². The van der Waals surface area contributed by atoms with E-state index in [0.717, 1.165) is 87.5 Å². The summed E-state index contributed by atoms with van der Waals surface area (Å²) in [4.78, 5) is 27.7. The molecule has 0 atom stereocenters. The summed E-state index contributed by atoms with van der Waals surface area (Å²) in [5, 5.41) is 0. The van der Waals surface area contributed by atoms with Gasteiger partial charge in [0.2, 0.25) is 0 Å². The Morgan fingerprint density at radius 2 is 1.33 bits per heavy atom. The van der Waals surface area contributed by atoms with Crippen LogP contribution in [0.3, 0.4) is 0 Å². The van der Waals surface area contributed by atoms with Crippen molar-refractivity contribution in [3.05, 3.63) is 109 Å². The van der Waals surface area contributed by atoms with Crippen LogP contribution in [0.15, 0.2) is 102 Å². The Morgan fingerprint density at radius 1 is 0.826 bits per heavy atom. The minimum absolute atomic E-state index is 0.00981. The number of benzene rings is 2. The Kier molecular flexibility index (Phi) is 16.9. The maximum absolute atomic E-state index is 10.6. The number of aromatic nitrogens is 2. The van der Waals surface area contributed by atoms with Crippen molar-refractivity contribution in [2.75, 3.05) is 73.9 Å². The Balaban J connectivity index is 0.000000190. The first-order valence-corrected chi connectivity index (χ1v) is 16.2. The highest BCUT2D eigenvalue weighted by atomic mass is 32.2. The van der Waals surface area contributed by atoms with Crippen LogP contribution >= 0.6 is 12.0 Å². The number of carbonyl (C=O) groups excluding carboxylic acids is 1. The first kappa shape index (κ1) is 36.2. The van der Waals surface area contributed by atoms with Crippen LogP contribution in [0.25, 0.3) is 0 Å². The number of hydrogen-bond donors (Lipinski definition) is 2. The molecule has 244 valence electrons. The van der Waals surface area contributed by atoms with Gasteiger partial charge in [0.15, 0.2) is 5.78 Å². The van der Waals surface area contributed by atoms with E-state index in [1.165, 1.54) is 18.3 Å². The molecule has 0 radical (unpaired) electrons. The number of ether oxygens (including phenoxy) is 2. The first-order chi connectivity index (χ1) is 22.5. The molecule has 3 N–H and O–H groups in total. The molecule has 0 bridgehead atoms. The molecule has 2 aromatic carbocycles. The van der Waals surface area contributed by atoms with E-state index in [2.05, 4.69) is 49.0 Å². The normalized spacial score (nSPS) is 14.2. The van der Waals surface area contributed by atoms with Crippen molar-refractivity contribution < 1.29 is 18.8 Å². The monoisotopic (exact) mass is 644 g/mol. The van der Waals surface area contributed by atoms with Gasteiger partial charge in [-0.2, -0.15) is 0 Å². The van der Waals surface area contributed by atoms with E-state index in [9.17, 15) is 4.79 Å². The molecule has 2 aliphatic heterocycles. The van der Waals surface area contributed by atoms with Crippen molar-refractivity contribution in [1.82, 2.24) is 9.97 Å². The van der Waals surface area contributed by atoms with Crippen molar-refractivity contribution in [2.24, 2.45) is 4.99 Å². The van der Waals surface area contributed by atoms with E-state index in [0.29, 0.717) is 5.69 Å². The van der Waals surface area contributed by atoms with Crippen molar-refractivity contribution in [2.45, 2.75) is 13.8 Å². The number of nitrogen functional groups attached to an aromatic ring is 1. The van der Waals surface area contributed by atoms with Crippen LogP contribution in [-0.2, 0) is 9.47 Å². The van der Waals surface area contributed by atoms with Gasteiger partial charge in [-0.05, 0) is 84.8 Å². The second-order valence-electron chi connectivity index (χ2n) is 10.0. The van der Waals surface area contributed by atoms with Gasteiger partial charge in [0.05, 0.1) is 44.0 Å². The second kappa shape index (κ2) is 21.4. The summed E-state index contributed by atoms with van der Waals surface area (Å²) in [7, 11) is 0. The van der Waals surface area contributed by atoms with E-state index in [1.807, 2.05) is 49.4 Å². The summed E-state index contributed by atoms with van der Waals surface area (Å²) < 4.78 is 18.4. The number of nitrogens with two attached hydrogens (primary N) is 1. The fourth-order valence-corrected chi connectivity index (χ4v) is 4.24. The average molecular weight is 645 g/mol. The minimum atomic E-state index is 0.00981. The number of Topliss-reactive ketones (excluding diaryl/α,β-unsaturated/α-hetero) is 1. The van der Waals surface area contributed by atoms with Gasteiger partial charge < -0.3 is 29.6 Å². The van der Waals surface area contributed by atoms with Crippen LogP contribution in [0.4, 0.5) is 22.7 Å². The van der Waals surface area contributed by atoms with Crippen molar-refractivity contribution in [1.29, 1.82) is 0 Å². The third kappa shape index (κ3) is 13.8. The molecule has 2 saturated heterocycles. The van der Waals surface area contributed by atoms with Crippen LogP contribution in [-0.4, -0.2) is 84.9 Å². The number of aliphatic imine (C=N–C) groups is 1. The average Bonchev–Trinajstić information content (AvgIpc) is 3.13. The summed E-state index contributed by atoms with van der Waals surface area (Å²) in [6.45, 7) is 10.5. The number of morpholine rings is 2. The van der Waals surface area contributed by atoms with Gasteiger partial charge in [-0.3, -0.25) is 19.8 Å². The molecule has 46 heavy (non-hydrogen) atoms. The third-order valence-corrected chi connectivity index (χ3v) is 6.94. The quantitative estimate of drug-likeness (QED) is 0.107. The molecule has 0 saturated carbocycles. The maximum Gasteiger partial charge on any atom is 0.178 e. The highest BCUT2D eigenvalue weighted by Gasteiger charge is 2.11. The number of carbonyl (C=O) groups is 1. The van der Waals surface area contributed by atoms with Crippen LogP contribution < -0.4 is 15.5 Å². The van der Waals surface area contributed by atoms with Gasteiger partial charge >= 0.3 is 0 Å². The molecule has 0 unspecified atom stereocenters. The molecular formula is C35H44N6O4S. The molecule has 0 spiro atoms. The number of hydrogen-bond acceptors (Lipinski definition) is 11. The second-order valence-corrected chi connectivity index (χ2v) is 10.8. The lowest BCUT2D eigenvalue weighted by molar-refractivity contribution is 0.101. The molecule has 2 aliphatic rings. The van der Waals surface area contributed by atoms with E-state index in [1.54, 1.807) is 36.8 Å². The highest BCUT2D eigenvalue weighted by molar-refractivity contribution is 7.93. The molecule has 2 aromatic heterocycles. The topological polar surface area (TPSA) is 126 Å². The highest BCUT2D eigenvalue weighted by Crippen LogP contribution is 2.21. The van der Waals surface area contributed by atoms with Crippen molar-refractivity contribution in [3.63, 3.8) is 0 Å². The lowest BCUT2D eigenvalue weighted by Gasteiger charge is -2.28. The fourth-order valence-electron chi connectivity index (χ4n) is 4.24. The zero-order chi connectivity index (χ0) is 32.8. The number of pyridine rings is 2. The maximum atomic E-state index is 10.6. The lowest BCUT2D eigenvalue weighted by atomic mass is 10.2. The largest absolute Gasteiger partial charge is 0.399 e. The van der Waals surface area contributed by atoms with Gasteiger partial charge in [-0.15, -0.1) is 0 Å². The Bertz CT molecular complexity index is 1400. The SMILES string of the molecule is C(=Nc1ccc(N2CCOCC2)cc1)c1ccccn1.CC(=O)c1ccccn1.CCSO.Nc1ccc(N2CCOCC2)cc1. The van der Waals surface area contributed by atoms with Gasteiger partial charge in [0.25, 0.3) is 0 Å². The summed E-state index contributed by atoms with van der Waals surface area (Å²) in [6, 6.07) is 27.3. The molecule has 11 heteroatoms. The van der Waals surface area contributed by atoms with Gasteiger partial charge in [0, 0.05) is 68.3 Å². The number of rotatable bonds is 6. The summed E-state index contributed by atoms with van der Waals surface area (Å²) >= 11 is 0.856. The van der Waals surface area contributed by atoms with Crippen LogP contribution in [0.5, 0.6) is 0 Å². The Hall–Kier alpha value is -4.29. The van der Waals surface area contributed by atoms with E-state index < -0.39 is 0 Å². The summed E-state index contributed by atoms with van der Waals surface area (Å²) in [5.41, 5.74) is 11.2. The Morgan fingerprint density at radius 3 is 1.74 bits per heavy atom. The standard InChI is InChI=1S/C16H17N3O.C10H14N2O.C7H7NO.C2H6OS/c1-2-8-17-15(3-1)13-18-14-4-6-16(7-5-14)19-9-11-20-12-10-19;11-9-1-3-10(4-2-9)12-5-7-13-8-6-12;1-6(9)7-4-2-3-5-8-7;1-2-4-3/h1-8,13H,9-12H2;1-4H,5-8,11H2;2-5H,1H3;3H,2H2,1H3. The fraction of sp³-hybridized carbons (Fsp3) is 0.314. The Labute approximate surface area is 276 Å². The third-order valence-electron chi connectivity index (χ3n) is 6.68. The molecule has 0 aliphatic carbocycles. The van der Waals surface area contributed by atoms with Gasteiger partial charge in [-0.25, -0.2) is 0 Å². The smallest absolute Gasteiger partial charge is 0.178 e. The zero-order valence-electron chi connectivity index (χ0n) is 26.6. The zero-order valence-corrected chi connectivity index (χ0v) is 27.4. The molecule has 10 nitrogen and oxygen atoms in total. The van der Waals surface area contributed by atoms with Crippen LogP contribution in [0.2, 0.25) is 0 Å². The van der Waals surface area contributed by atoms with Crippen LogP contribution in [0, 0.1) is 0 Å². The molecule has 4 aromatic rings. The van der Waals surface area contributed by atoms with Crippen molar-refractivity contribution in [3.8, 4) is 0 Å². The molecular weight excluding hydrogens is 600 g/mol. The van der Waals surface area contributed by atoms with E-state index in [4.69, 9.17) is 19.8 Å². The summed E-state index contributed by atoms with van der Waals surface area (Å²) in [6.07, 6.45) is 5.16. The number of ketones is 1. The van der Waals surface area contributed by atoms with E-state index >= 15 is 0 Å². The van der Waals surface area contributed by atoms with Gasteiger partial charge in [-0.1, -0.05) is 19.1 Å². The molecule has 2 fully saturated rings. The van der Waals surface area contributed by atoms with Gasteiger partial charge in [0.1, 0.15) is 5.69 Å². The predicted molar refractivity (Wildman–Crippen MR) is 190 cm³/mol. The predicted octanol–water partition coefficient (Wildman–Crippen LogP) is 6.27. The number of anilines is 3. The summed E-state index contributed by atoms with van der Waals surface area (Å²) in [5.74, 6) is 0.801. The number of nitrogens with zero attached hydrogens (tertiary/aromatic N) is 5. The van der Waals surface area contributed by atoms with Crippen molar-refractivity contribution >= 4 is 46.8 Å². The minimum Gasteiger partial charge on any atom is -0.399 e. The molecule has 0 amide bonds. The lowest BCUT2D eigenvalue weighted by Crippen LogP contribution is -2.36. The van der Waals surface area contributed by atoms with E-state index in [-0.39, 0.29) is 5.78 Å². The molecule has 4 heterocycles.